The maximum atomic E-state index is 6.11. The molecule has 1 aliphatic rings. The first-order chi connectivity index (χ1) is 10.3. The van der Waals surface area contributed by atoms with Crippen molar-refractivity contribution >= 4 is 39.6 Å². The predicted octanol–water partition coefficient (Wildman–Crippen LogP) is 2.71. The molecular formula is C13H17ClN6S. The van der Waals surface area contributed by atoms with Gasteiger partial charge in [0.1, 0.15) is 12.0 Å². The van der Waals surface area contributed by atoms with Gasteiger partial charge in [0.05, 0.1) is 0 Å². The number of halogens is 1. The fourth-order valence-corrected chi connectivity index (χ4v) is 3.34. The van der Waals surface area contributed by atoms with Crippen LogP contribution in [-0.2, 0) is 0 Å². The van der Waals surface area contributed by atoms with E-state index < -0.39 is 0 Å². The number of nitrogens with one attached hydrogen (secondary N) is 2. The molecule has 0 unspecified atom stereocenters. The highest BCUT2D eigenvalue weighted by Crippen LogP contribution is 2.31. The van der Waals surface area contributed by atoms with Crippen molar-refractivity contribution in [1.29, 1.82) is 0 Å². The van der Waals surface area contributed by atoms with Crippen molar-refractivity contribution in [1.82, 2.24) is 15.0 Å². The first-order valence-electron chi connectivity index (χ1n) is 6.87. The van der Waals surface area contributed by atoms with Gasteiger partial charge in [0.25, 0.3) is 0 Å². The lowest BCUT2D eigenvalue weighted by molar-refractivity contribution is 0.523. The van der Waals surface area contributed by atoms with Crippen molar-refractivity contribution in [2.75, 3.05) is 35.7 Å². The molecule has 2 aromatic heterocycles. The van der Waals surface area contributed by atoms with Gasteiger partial charge in [-0.25, -0.2) is 15.0 Å². The molecule has 0 aromatic carbocycles. The van der Waals surface area contributed by atoms with Gasteiger partial charge in [0, 0.05) is 37.8 Å². The molecule has 6 nitrogen and oxygen atoms in total. The van der Waals surface area contributed by atoms with Crippen molar-refractivity contribution in [2.24, 2.45) is 0 Å². The van der Waals surface area contributed by atoms with Crippen LogP contribution in [0.4, 0.5) is 16.6 Å². The van der Waals surface area contributed by atoms with Crippen LogP contribution in [0.15, 0.2) is 17.9 Å². The van der Waals surface area contributed by atoms with Gasteiger partial charge in [-0.15, -0.1) is 11.3 Å². The second-order valence-corrected chi connectivity index (χ2v) is 6.11. The Morgan fingerprint density at radius 2 is 2.10 bits per heavy atom. The zero-order valence-electron chi connectivity index (χ0n) is 11.7. The average molecular weight is 325 g/mol. The number of nitrogens with zero attached hydrogens (tertiary/aromatic N) is 4. The lowest BCUT2D eigenvalue weighted by Crippen LogP contribution is -2.39. The highest BCUT2D eigenvalue weighted by molar-refractivity contribution is 7.13. The summed E-state index contributed by atoms with van der Waals surface area (Å²) in [5.74, 6) is 0.880. The fraction of sp³-hybridized carbons (Fsp3) is 0.462. The van der Waals surface area contributed by atoms with Gasteiger partial charge in [0.15, 0.2) is 16.1 Å². The summed E-state index contributed by atoms with van der Waals surface area (Å²) in [7, 11) is 1.84. The van der Waals surface area contributed by atoms with Crippen molar-refractivity contribution in [2.45, 2.75) is 18.9 Å². The van der Waals surface area contributed by atoms with Crippen LogP contribution in [-0.4, -0.2) is 41.1 Å². The molecule has 21 heavy (non-hydrogen) atoms. The normalized spacial score (nSPS) is 16.0. The standard InChI is InChI=1S/C13H17ClN6S/c1-15-10-11(14)17-8-18-12(10)20-5-2-9(3-6-20)19-13-16-4-7-21-13/h4,7-9,15H,2-3,5-6H2,1H3,(H,16,19). The van der Waals surface area contributed by atoms with Crippen LogP contribution in [0.5, 0.6) is 0 Å². The van der Waals surface area contributed by atoms with E-state index in [0.29, 0.717) is 11.2 Å². The molecule has 1 fully saturated rings. The van der Waals surface area contributed by atoms with Crippen LogP contribution in [0.3, 0.4) is 0 Å². The first kappa shape index (κ1) is 14.3. The van der Waals surface area contributed by atoms with Gasteiger partial charge in [0.2, 0.25) is 0 Å². The molecule has 1 saturated heterocycles. The molecule has 0 radical (unpaired) electrons. The number of aromatic nitrogens is 3. The Balaban J connectivity index is 1.64. The summed E-state index contributed by atoms with van der Waals surface area (Å²) in [5, 5.41) is 10.0. The first-order valence-corrected chi connectivity index (χ1v) is 8.13. The molecule has 0 aliphatic carbocycles. The lowest BCUT2D eigenvalue weighted by Gasteiger charge is -2.33. The lowest BCUT2D eigenvalue weighted by atomic mass is 10.1. The molecule has 0 saturated carbocycles. The molecule has 0 atom stereocenters. The summed E-state index contributed by atoms with van der Waals surface area (Å²) in [6, 6.07) is 0.461. The van der Waals surface area contributed by atoms with Crippen molar-refractivity contribution < 1.29 is 0 Å². The number of piperidine rings is 1. The molecule has 2 N–H and O–H groups in total. The summed E-state index contributed by atoms with van der Waals surface area (Å²) in [6.07, 6.45) is 5.43. The molecule has 1 aliphatic heterocycles. The highest BCUT2D eigenvalue weighted by atomic mass is 35.5. The molecule has 3 heterocycles. The minimum Gasteiger partial charge on any atom is -0.383 e. The Bertz CT molecular complexity index is 582. The van der Waals surface area contributed by atoms with Gasteiger partial charge in [-0.1, -0.05) is 11.6 Å². The molecule has 0 amide bonds. The number of rotatable bonds is 4. The third kappa shape index (κ3) is 3.19. The Hall–Kier alpha value is -1.60. The van der Waals surface area contributed by atoms with Gasteiger partial charge >= 0.3 is 0 Å². The monoisotopic (exact) mass is 324 g/mol. The number of hydrogen-bond acceptors (Lipinski definition) is 7. The zero-order valence-corrected chi connectivity index (χ0v) is 13.3. The van der Waals surface area contributed by atoms with Crippen LogP contribution in [0.25, 0.3) is 0 Å². The number of hydrogen-bond donors (Lipinski definition) is 2. The molecular weight excluding hydrogens is 308 g/mol. The van der Waals surface area contributed by atoms with E-state index in [9.17, 15) is 0 Å². The van der Waals surface area contributed by atoms with Crippen LogP contribution < -0.4 is 15.5 Å². The Kier molecular flexibility index (Phi) is 4.40. The van der Waals surface area contributed by atoms with E-state index in [2.05, 4.69) is 30.5 Å². The second kappa shape index (κ2) is 6.44. The molecule has 0 bridgehead atoms. The van der Waals surface area contributed by atoms with E-state index in [-0.39, 0.29) is 0 Å². The van der Waals surface area contributed by atoms with E-state index in [1.807, 2.05) is 18.6 Å². The molecule has 3 rings (SSSR count). The van der Waals surface area contributed by atoms with Crippen LogP contribution in [0.2, 0.25) is 5.15 Å². The summed E-state index contributed by atoms with van der Waals surface area (Å²) >= 11 is 7.75. The van der Waals surface area contributed by atoms with E-state index >= 15 is 0 Å². The van der Waals surface area contributed by atoms with Gasteiger partial charge in [-0.05, 0) is 12.8 Å². The third-order valence-electron chi connectivity index (χ3n) is 3.59. The predicted molar refractivity (Wildman–Crippen MR) is 87.6 cm³/mol. The SMILES string of the molecule is CNc1c(Cl)ncnc1N1CCC(Nc2nccs2)CC1. The summed E-state index contributed by atoms with van der Waals surface area (Å²) in [4.78, 5) is 14.9. The van der Waals surface area contributed by atoms with E-state index in [4.69, 9.17) is 11.6 Å². The smallest absolute Gasteiger partial charge is 0.182 e. The Labute approximate surface area is 132 Å². The molecule has 2 aromatic rings. The van der Waals surface area contributed by atoms with Crippen LogP contribution in [0.1, 0.15) is 12.8 Å². The summed E-state index contributed by atoms with van der Waals surface area (Å²) in [6.45, 7) is 1.87. The maximum Gasteiger partial charge on any atom is 0.182 e. The highest BCUT2D eigenvalue weighted by Gasteiger charge is 2.23. The molecule has 0 spiro atoms. The largest absolute Gasteiger partial charge is 0.383 e. The van der Waals surface area contributed by atoms with Gasteiger partial charge < -0.3 is 15.5 Å². The van der Waals surface area contributed by atoms with Crippen molar-refractivity contribution in [3.05, 3.63) is 23.1 Å². The van der Waals surface area contributed by atoms with Gasteiger partial charge in [-0.3, -0.25) is 0 Å². The quantitative estimate of drug-likeness (QED) is 0.843. The van der Waals surface area contributed by atoms with Crippen molar-refractivity contribution in [3.63, 3.8) is 0 Å². The van der Waals surface area contributed by atoms with Crippen molar-refractivity contribution in [3.8, 4) is 0 Å². The number of anilines is 3. The summed E-state index contributed by atoms with van der Waals surface area (Å²) < 4.78 is 0. The number of thiazole rings is 1. The fourth-order valence-electron chi connectivity index (χ4n) is 2.52. The summed E-state index contributed by atoms with van der Waals surface area (Å²) in [5.41, 5.74) is 0.797. The Morgan fingerprint density at radius 1 is 1.29 bits per heavy atom. The third-order valence-corrected chi connectivity index (χ3v) is 4.58. The Morgan fingerprint density at radius 3 is 2.76 bits per heavy atom. The molecule has 112 valence electrons. The zero-order chi connectivity index (χ0) is 14.7. The molecule has 8 heteroatoms. The average Bonchev–Trinajstić information content (AvgIpc) is 3.01. The second-order valence-electron chi connectivity index (χ2n) is 4.86. The van der Waals surface area contributed by atoms with Crippen LogP contribution in [0, 0.1) is 0 Å². The minimum atomic E-state index is 0.461. The van der Waals surface area contributed by atoms with E-state index in [1.165, 1.54) is 6.33 Å². The van der Waals surface area contributed by atoms with E-state index in [1.54, 1.807) is 11.3 Å². The minimum absolute atomic E-state index is 0.461. The van der Waals surface area contributed by atoms with E-state index in [0.717, 1.165) is 42.6 Å². The topological polar surface area (TPSA) is 66.0 Å². The maximum absolute atomic E-state index is 6.11. The van der Waals surface area contributed by atoms with Gasteiger partial charge in [-0.2, -0.15) is 0 Å². The van der Waals surface area contributed by atoms with Crippen LogP contribution >= 0.6 is 22.9 Å².